The minimum atomic E-state index is -3.00. The van der Waals surface area contributed by atoms with Crippen molar-refractivity contribution in [1.29, 1.82) is 0 Å². The summed E-state index contributed by atoms with van der Waals surface area (Å²) in [5, 5.41) is 0. The maximum atomic E-state index is 12.4. The molecule has 0 bridgehead atoms. The van der Waals surface area contributed by atoms with Crippen molar-refractivity contribution in [2.45, 2.75) is 56.7 Å². The molecule has 1 saturated heterocycles. The van der Waals surface area contributed by atoms with Gasteiger partial charge in [-0.3, -0.25) is 4.90 Å². The number of aromatic nitrogens is 1. The standard InChI is InChI=1S/C15H24N2O3S/c1-3-15(4-2)11-17(7-8-21(15,18)19)10-13-9-16-14(20-13)12-5-6-12/h9,12H,3-8,10-11H2,1-2H3. The normalized spacial score (nSPS) is 25.0. The molecule has 1 aliphatic carbocycles. The lowest BCUT2D eigenvalue weighted by Gasteiger charge is -2.41. The Hall–Kier alpha value is -0.880. The van der Waals surface area contributed by atoms with Gasteiger partial charge in [0.1, 0.15) is 5.76 Å². The van der Waals surface area contributed by atoms with Crippen LogP contribution in [0.25, 0.3) is 0 Å². The van der Waals surface area contributed by atoms with E-state index in [1.54, 1.807) is 6.20 Å². The average Bonchev–Trinajstić information content (AvgIpc) is 3.21. The third kappa shape index (κ3) is 2.75. The topological polar surface area (TPSA) is 63.4 Å². The SMILES string of the molecule is CCC1(CC)CN(Cc2cnc(C3CC3)o2)CCS1(=O)=O. The fourth-order valence-electron chi connectivity index (χ4n) is 3.23. The molecule has 1 aromatic rings. The summed E-state index contributed by atoms with van der Waals surface area (Å²) in [5.41, 5.74) is 0. The van der Waals surface area contributed by atoms with Crippen LogP contribution in [-0.2, 0) is 16.4 Å². The summed E-state index contributed by atoms with van der Waals surface area (Å²) in [7, 11) is -3.00. The fourth-order valence-corrected chi connectivity index (χ4v) is 5.42. The molecule has 6 heteroatoms. The molecule has 1 aromatic heterocycles. The van der Waals surface area contributed by atoms with Gasteiger partial charge in [-0.2, -0.15) is 0 Å². The molecule has 2 fully saturated rings. The maximum absolute atomic E-state index is 12.4. The van der Waals surface area contributed by atoms with E-state index in [0.717, 1.165) is 11.7 Å². The largest absolute Gasteiger partial charge is 0.444 e. The van der Waals surface area contributed by atoms with Gasteiger partial charge in [-0.1, -0.05) is 13.8 Å². The Kier molecular flexibility index (Phi) is 3.86. The van der Waals surface area contributed by atoms with Crippen LogP contribution in [0.3, 0.4) is 0 Å². The quantitative estimate of drug-likeness (QED) is 0.835. The second-order valence-corrected chi connectivity index (χ2v) is 8.86. The first kappa shape index (κ1) is 15.0. The van der Waals surface area contributed by atoms with Gasteiger partial charge < -0.3 is 4.42 Å². The van der Waals surface area contributed by atoms with E-state index in [9.17, 15) is 8.42 Å². The molecule has 21 heavy (non-hydrogen) atoms. The van der Waals surface area contributed by atoms with Crippen LogP contribution >= 0.6 is 0 Å². The van der Waals surface area contributed by atoms with Crippen molar-refractivity contribution in [3.05, 3.63) is 17.8 Å². The summed E-state index contributed by atoms with van der Waals surface area (Å²) in [6, 6.07) is 0. The van der Waals surface area contributed by atoms with Crippen molar-refractivity contribution in [3.8, 4) is 0 Å². The number of hydrogen-bond acceptors (Lipinski definition) is 5. The highest BCUT2D eigenvalue weighted by Gasteiger charge is 2.45. The van der Waals surface area contributed by atoms with E-state index >= 15 is 0 Å². The van der Waals surface area contributed by atoms with Crippen LogP contribution < -0.4 is 0 Å². The van der Waals surface area contributed by atoms with Crippen LogP contribution in [0.4, 0.5) is 0 Å². The zero-order valence-electron chi connectivity index (χ0n) is 12.8. The number of sulfone groups is 1. The van der Waals surface area contributed by atoms with E-state index in [1.807, 2.05) is 13.8 Å². The van der Waals surface area contributed by atoms with Crippen LogP contribution in [0, 0.1) is 0 Å². The van der Waals surface area contributed by atoms with Crippen molar-refractivity contribution in [2.24, 2.45) is 0 Å². The van der Waals surface area contributed by atoms with E-state index in [4.69, 9.17) is 4.42 Å². The molecule has 1 saturated carbocycles. The van der Waals surface area contributed by atoms with Gasteiger partial charge in [0.25, 0.3) is 0 Å². The summed E-state index contributed by atoms with van der Waals surface area (Å²) in [5.74, 6) is 2.48. The highest BCUT2D eigenvalue weighted by Crippen LogP contribution is 2.39. The van der Waals surface area contributed by atoms with Crippen LogP contribution in [0.5, 0.6) is 0 Å². The summed E-state index contributed by atoms with van der Waals surface area (Å²) < 4.78 is 30.0. The fraction of sp³-hybridized carbons (Fsp3) is 0.800. The Labute approximate surface area is 126 Å². The summed E-state index contributed by atoms with van der Waals surface area (Å²) >= 11 is 0. The van der Waals surface area contributed by atoms with Gasteiger partial charge in [0.2, 0.25) is 0 Å². The lowest BCUT2D eigenvalue weighted by molar-refractivity contribution is 0.205. The van der Waals surface area contributed by atoms with Crippen molar-refractivity contribution in [3.63, 3.8) is 0 Å². The molecule has 2 aliphatic rings. The van der Waals surface area contributed by atoms with Crippen molar-refractivity contribution in [1.82, 2.24) is 9.88 Å². The molecule has 118 valence electrons. The van der Waals surface area contributed by atoms with E-state index in [1.165, 1.54) is 12.8 Å². The van der Waals surface area contributed by atoms with Gasteiger partial charge in [0, 0.05) is 19.0 Å². The summed E-state index contributed by atoms with van der Waals surface area (Å²) in [4.78, 5) is 6.54. The van der Waals surface area contributed by atoms with Crippen molar-refractivity contribution < 1.29 is 12.8 Å². The molecule has 1 aliphatic heterocycles. The number of rotatable bonds is 5. The second kappa shape index (κ2) is 5.39. The molecule has 0 N–H and O–H groups in total. The molecule has 0 aromatic carbocycles. The third-order valence-corrected chi connectivity index (χ3v) is 7.76. The zero-order chi connectivity index (χ0) is 15.1. The predicted molar refractivity (Wildman–Crippen MR) is 80.9 cm³/mol. The Bertz CT molecular complexity index is 600. The third-order valence-electron chi connectivity index (χ3n) is 5.01. The lowest BCUT2D eigenvalue weighted by Crippen LogP contribution is -2.55. The highest BCUT2D eigenvalue weighted by atomic mass is 32.2. The smallest absolute Gasteiger partial charge is 0.197 e. The first-order valence-corrected chi connectivity index (χ1v) is 9.54. The molecule has 0 atom stereocenters. The van der Waals surface area contributed by atoms with Crippen LogP contribution in [0.1, 0.15) is 57.1 Å². The van der Waals surface area contributed by atoms with Crippen LogP contribution in [0.15, 0.2) is 10.6 Å². The molecular formula is C15H24N2O3S. The molecule has 0 spiro atoms. The van der Waals surface area contributed by atoms with Crippen molar-refractivity contribution >= 4 is 9.84 Å². The Morgan fingerprint density at radius 3 is 2.71 bits per heavy atom. The highest BCUT2D eigenvalue weighted by molar-refractivity contribution is 7.92. The molecule has 0 radical (unpaired) electrons. The molecule has 2 heterocycles. The Morgan fingerprint density at radius 2 is 2.10 bits per heavy atom. The second-order valence-electron chi connectivity index (χ2n) is 6.36. The van der Waals surface area contributed by atoms with Gasteiger partial charge in [-0.25, -0.2) is 13.4 Å². The van der Waals surface area contributed by atoms with Gasteiger partial charge in [0.05, 0.1) is 23.2 Å². The first-order chi connectivity index (χ1) is 9.99. The van der Waals surface area contributed by atoms with Gasteiger partial charge in [-0.05, 0) is 25.7 Å². The summed E-state index contributed by atoms with van der Waals surface area (Å²) in [6.45, 7) is 5.80. The predicted octanol–water partition coefficient (Wildman–Crippen LogP) is 2.34. The van der Waals surface area contributed by atoms with E-state index in [2.05, 4.69) is 9.88 Å². The lowest BCUT2D eigenvalue weighted by atomic mass is 10.0. The molecular weight excluding hydrogens is 288 g/mol. The maximum Gasteiger partial charge on any atom is 0.197 e. The molecule has 3 rings (SSSR count). The minimum Gasteiger partial charge on any atom is -0.444 e. The minimum absolute atomic E-state index is 0.248. The molecule has 0 unspecified atom stereocenters. The van der Waals surface area contributed by atoms with E-state index < -0.39 is 14.6 Å². The van der Waals surface area contributed by atoms with E-state index in [-0.39, 0.29) is 5.75 Å². The van der Waals surface area contributed by atoms with Gasteiger partial charge in [-0.15, -0.1) is 0 Å². The van der Waals surface area contributed by atoms with Crippen molar-refractivity contribution in [2.75, 3.05) is 18.8 Å². The monoisotopic (exact) mass is 312 g/mol. The van der Waals surface area contributed by atoms with Crippen LogP contribution in [-0.4, -0.2) is 41.9 Å². The Morgan fingerprint density at radius 1 is 1.38 bits per heavy atom. The number of hydrogen-bond donors (Lipinski definition) is 0. The van der Waals surface area contributed by atoms with Crippen LogP contribution in [0.2, 0.25) is 0 Å². The average molecular weight is 312 g/mol. The zero-order valence-corrected chi connectivity index (χ0v) is 13.7. The number of nitrogens with zero attached hydrogens (tertiary/aromatic N) is 2. The molecule has 5 nitrogen and oxygen atoms in total. The van der Waals surface area contributed by atoms with Gasteiger partial charge in [0.15, 0.2) is 15.7 Å². The van der Waals surface area contributed by atoms with Gasteiger partial charge >= 0.3 is 0 Å². The molecule has 0 amide bonds. The first-order valence-electron chi connectivity index (χ1n) is 7.89. The van der Waals surface area contributed by atoms with E-state index in [0.29, 0.717) is 38.4 Å². The Balaban J connectivity index is 1.71. The number of oxazole rings is 1. The summed E-state index contributed by atoms with van der Waals surface area (Å²) in [6.07, 6.45) is 5.50.